The molecule has 2 rings (SSSR count). The molecule has 0 saturated carbocycles. The highest BCUT2D eigenvalue weighted by Gasteiger charge is 2.26. The topological polar surface area (TPSA) is 73.6 Å². The van der Waals surface area contributed by atoms with Crippen LogP contribution in [-0.4, -0.2) is 31.8 Å². The standard InChI is InChI=1S/C19H30N2O3/c1-13(2)6-11-24-17-12-16(5-4-14(17)3)21-19(22)18(20)15-7-9-23-10-8-15/h4-5,12-13,15,18H,6-11,20H2,1-3H3,(H,21,22). The summed E-state index contributed by atoms with van der Waals surface area (Å²) in [4.78, 5) is 12.4. The van der Waals surface area contributed by atoms with Gasteiger partial charge in [0.25, 0.3) is 0 Å². The monoisotopic (exact) mass is 334 g/mol. The van der Waals surface area contributed by atoms with Crippen LogP contribution >= 0.6 is 0 Å². The van der Waals surface area contributed by atoms with E-state index in [9.17, 15) is 4.79 Å². The van der Waals surface area contributed by atoms with E-state index >= 15 is 0 Å². The van der Waals surface area contributed by atoms with Crippen LogP contribution in [0.1, 0.15) is 38.7 Å². The summed E-state index contributed by atoms with van der Waals surface area (Å²) in [6.45, 7) is 8.39. The number of rotatable bonds is 7. The summed E-state index contributed by atoms with van der Waals surface area (Å²) in [5.41, 5.74) is 7.91. The van der Waals surface area contributed by atoms with E-state index in [4.69, 9.17) is 15.2 Å². The number of amides is 1. The molecule has 1 amide bonds. The molecule has 1 aromatic rings. The highest BCUT2D eigenvalue weighted by Crippen LogP contribution is 2.24. The van der Waals surface area contributed by atoms with Gasteiger partial charge in [-0.1, -0.05) is 19.9 Å². The van der Waals surface area contributed by atoms with E-state index in [2.05, 4.69) is 19.2 Å². The van der Waals surface area contributed by atoms with Gasteiger partial charge in [-0.2, -0.15) is 0 Å². The average molecular weight is 334 g/mol. The second-order valence-electron chi connectivity index (χ2n) is 6.98. The minimum atomic E-state index is -0.500. The van der Waals surface area contributed by atoms with Crippen LogP contribution in [0.4, 0.5) is 5.69 Å². The summed E-state index contributed by atoms with van der Waals surface area (Å²) in [5, 5.41) is 2.92. The number of hydrogen-bond donors (Lipinski definition) is 2. The molecule has 1 saturated heterocycles. The van der Waals surface area contributed by atoms with Gasteiger partial charge >= 0.3 is 0 Å². The van der Waals surface area contributed by atoms with Crippen molar-refractivity contribution >= 4 is 11.6 Å². The van der Waals surface area contributed by atoms with Gasteiger partial charge in [0, 0.05) is 25.0 Å². The van der Waals surface area contributed by atoms with Gasteiger partial charge in [-0.15, -0.1) is 0 Å². The van der Waals surface area contributed by atoms with Crippen LogP contribution in [0.2, 0.25) is 0 Å². The Morgan fingerprint density at radius 2 is 2.08 bits per heavy atom. The lowest BCUT2D eigenvalue weighted by atomic mass is 9.92. The van der Waals surface area contributed by atoms with Crippen molar-refractivity contribution in [2.24, 2.45) is 17.6 Å². The first-order chi connectivity index (χ1) is 11.5. The SMILES string of the molecule is Cc1ccc(NC(=O)C(N)C2CCOCC2)cc1OCCC(C)C. The molecule has 1 fully saturated rings. The molecule has 1 atom stereocenters. The molecule has 1 heterocycles. The van der Waals surface area contributed by atoms with Crippen molar-refractivity contribution in [2.45, 2.75) is 46.1 Å². The van der Waals surface area contributed by atoms with Crippen molar-refractivity contribution < 1.29 is 14.3 Å². The zero-order chi connectivity index (χ0) is 17.5. The average Bonchev–Trinajstić information content (AvgIpc) is 2.57. The summed E-state index contributed by atoms with van der Waals surface area (Å²) in [7, 11) is 0. The van der Waals surface area contributed by atoms with Crippen molar-refractivity contribution in [3.05, 3.63) is 23.8 Å². The quantitative estimate of drug-likeness (QED) is 0.803. The molecule has 1 unspecified atom stereocenters. The second-order valence-corrected chi connectivity index (χ2v) is 6.98. The fourth-order valence-corrected chi connectivity index (χ4v) is 2.75. The molecular weight excluding hydrogens is 304 g/mol. The van der Waals surface area contributed by atoms with Crippen LogP contribution in [-0.2, 0) is 9.53 Å². The van der Waals surface area contributed by atoms with Crippen LogP contribution in [0.25, 0.3) is 0 Å². The minimum Gasteiger partial charge on any atom is -0.493 e. The number of aryl methyl sites for hydroxylation is 1. The summed E-state index contributed by atoms with van der Waals surface area (Å²) in [6, 6.07) is 5.23. The maximum atomic E-state index is 12.4. The molecule has 5 nitrogen and oxygen atoms in total. The number of carbonyl (C=O) groups is 1. The molecule has 0 aromatic heterocycles. The van der Waals surface area contributed by atoms with Gasteiger partial charge in [0.1, 0.15) is 5.75 Å². The fraction of sp³-hybridized carbons (Fsp3) is 0.632. The second kappa shape index (κ2) is 9.04. The zero-order valence-corrected chi connectivity index (χ0v) is 15.0. The number of hydrogen-bond acceptors (Lipinski definition) is 4. The van der Waals surface area contributed by atoms with Gasteiger partial charge in [-0.25, -0.2) is 0 Å². The normalized spacial score (nSPS) is 16.9. The van der Waals surface area contributed by atoms with E-state index in [0.717, 1.165) is 36.3 Å². The van der Waals surface area contributed by atoms with E-state index in [-0.39, 0.29) is 11.8 Å². The van der Waals surface area contributed by atoms with Gasteiger partial charge in [-0.3, -0.25) is 4.79 Å². The molecule has 3 N–H and O–H groups in total. The molecule has 134 valence electrons. The Morgan fingerprint density at radius 3 is 2.75 bits per heavy atom. The van der Waals surface area contributed by atoms with Crippen LogP contribution in [0.5, 0.6) is 5.75 Å². The van der Waals surface area contributed by atoms with Crippen molar-refractivity contribution in [2.75, 3.05) is 25.1 Å². The summed E-state index contributed by atoms with van der Waals surface area (Å²) < 4.78 is 11.2. The maximum Gasteiger partial charge on any atom is 0.241 e. The number of nitrogens with two attached hydrogens (primary N) is 1. The zero-order valence-electron chi connectivity index (χ0n) is 15.0. The number of nitrogens with one attached hydrogen (secondary N) is 1. The maximum absolute atomic E-state index is 12.4. The number of carbonyl (C=O) groups excluding carboxylic acids is 1. The van der Waals surface area contributed by atoms with E-state index in [1.807, 2.05) is 25.1 Å². The number of benzene rings is 1. The lowest BCUT2D eigenvalue weighted by Crippen LogP contribution is -2.44. The Morgan fingerprint density at radius 1 is 1.38 bits per heavy atom. The molecule has 5 heteroatoms. The Hall–Kier alpha value is -1.59. The first kappa shape index (κ1) is 18.7. The fourth-order valence-electron chi connectivity index (χ4n) is 2.75. The van der Waals surface area contributed by atoms with Crippen LogP contribution in [0, 0.1) is 18.8 Å². The Labute approximate surface area is 144 Å². The van der Waals surface area contributed by atoms with Crippen molar-refractivity contribution in [3.8, 4) is 5.75 Å². The van der Waals surface area contributed by atoms with E-state index in [1.54, 1.807) is 0 Å². The Kier molecular flexibility index (Phi) is 7.06. The van der Waals surface area contributed by atoms with Crippen LogP contribution in [0.15, 0.2) is 18.2 Å². The van der Waals surface area contributed by atoms with Crippen molar-refractivity contribution in [3.63, 3.8) is 0 Å². The Balaban J connectivity index is 1.94. The summed E-state index contributed by atoms with van der Waals surface area (Å²) in [6.07, 6.45) is 2.68. The summed E-state index contributed by atoms with van der Waals surface area (Å²) in [5.74, 6) is 1.46. The number of anilines is 1. The molecule has 0 aliphatic carbocycles. The van der Waals surface area contributed by atoms with Gasteiger partial charge in [0.15, 0.2) is 0 Å². The summed E-state index contributed by atoms with van der Waals surface area (Å²) >= 11 is 0. The van der Waals surface area contributed by atoms with Gasteiger partial charge in [0.2, 0.25) is 5.91 Å². The van der Waals surface area contributed by atoms with Gasteiger partial charge < -0.3 is 20.5 Å². The highest BCUT2D eigenvalue weighted by atomic mass is 16.5. The lowest BCUT2D eigenvalue weighted by Gasteiger charge is -2.26. The van der Waals surface area contributed by atoms with Crippen LogP contribution in [0.3, 0.4) is 0 Å². The third-order valence-corrected chi connectivity index (χ3v) is 4.49. The number of ether oxygens (including phenoxy) is 2. The Bertz CT molecular complexity index is 539. The van der Waals surface area contributed by atoms with E-state index in [1.165, 1.54) is 0 Å². The smallest absolute Gasteiger partial charge is 0.241 e. The molecule has 0 radical (unpaired) electrons. The first-order valence-corrected chi connectivity index (χ1v) is 8.85. The van der Waals surface area contributed by atoms with Crippen molar-refractivity contribution in [1.29, 1.82) is 0 Å². The molecule has 24 heavy (non-hydrogen) atoms. The van der Waals surface area contributed by atoms with Crippen molar-refractivity contribution in [1.82, 2.24) is 0 Å². The van der Waals surface area contributed by atoms with Gasteiger partial charge in [-0.05, 0) is 49.7 Å². The largest absolute Gasteiger partial charge is 0.493 e. The lowest BCUT2D eigenvalue weighted by molar-refractivity contribution is -0.119. The molecule has 1 aromatic carbocycles. The van der Waals surface area contributed by atoms with E-state index < -0.39 is 6.04 Å². The van der Waals surface area contributed by atoms with E-state index in [0.29, 0.717) is 25.7 Å². The molecule has 0 bridgehead atoms. The third-order valence-electron chi connectivity index (χ3n) is 4.49. The predicted molar refractivity (Wildman–Crippen MR) is 96.3 cm³/mol. The first-order valence-electron chi connectivity index (χ1n) is 8.85. The predicted octanol–water partition coefficient (Wildman–Crippen LogP) is 3.11. The molecular formula is C19H30N2O3. The van der Waals surface area contributed by atoms with Gasteiger partial charge in [0.05, 0.1) is 12.6 Å². The third kappa shape index (κ3) is 5.49. The van der Waals surface area contributed by atoms with Crippen LogP contribution < -0.4 is 15.8 Å². The minimum absolute atomic E-state index is 0.140. The molecule has 1 aliphatic rings. The highest BCUT2D eigenvalue weighted by molar-refractivity contribution is 5.95. The molecule has 0 spiro atoms. The molecule has 1 aliphatic heterocycles.